The molecule has 0 saturated heterocycles. The van der Waals surface area contributed by atoms with Gasteiger partial charge in [0.25, 0.3) is 5.91 Å². The van der Waals surface area contributed by atoms with Crippen molar-refractivity contribution >= 4 is 33.4 Å². The molecule has 23 heavy (non-hydrogen) atoms. The Kier molecular flexibility index (Phi) is 4.04. The van der Waals surface area contributed by atoms with E-state index in [1.807, 2.05) is 0 Å². The molecular weight excluding hydrogens is 365 g/mol. The van der Waals surface area contributed by atoms with Gasteiger partial charge in [-0.3, -0.25) is 9.59 Å². The zero-order chi connectivity index (χ0) is 16.6. The molecule has 0 unspecified atom stereocenters. The van der Waals surface area contributed by atoms with Crippen LogP contribution in [0.1, 0.15) is 22.1 Å². The van der Waals surface area contributed by atoms with E-state index in [4.69, 9.17) is 5.73 Å². The molecule has 1 heterocycles. The van der Waals surface area contributed by atoms with E-state index in [1.165, 1.54) is 6.07 Å². The summed E-state index contributed by atoms with van der Waals surface area (Å²) in [4.78, 5) is 25.3. The van der Waals surface area contributed by atoms with Crippen molar-refractivity contribution in [2.45, 2.75) is 6.17 Å². The molecule has 2 amide bonds. The summed E-state index contributed by atoms with van der Waals surface area (Å²) in [6.45, 7) is -0.145. The zero-order valence-electron chi connectivity index (χ0n) is 11.9. The molecule has 1 aliphatic heterocycles. The van der Waals surface area contributed by atoms with Crippen molar-refractivity contribution in [2.75, 3.05) is 11.4 Å². The molecule has 2 aromatic carbocycles. The van der Waals surface area contributed by atoms with Crippen LogP contribution in [-0.2, 0) is 4.79 Å². The van der Waals surface area contributed by atoms with Gasteiger partial charge >= 0.3 is 0 Å². The van der Waals surface area contributed by atoms with Gasteiger partial charge in [0.2, 0.25) is 5.91 Å². The number of hydrogen-bond donors (Lipinski definition) is 2. The molecular formula is C16H13BrFN3O2. The van der Waals surface area contributed by atoms with E-state index in [0.717, 1.165) is 0 Å². The van der Waals surface area contributed by atoms with E-state index in [9.17, 15) is 14.0 Å². The number of carbonyl (C=O) groups is 2. The van der Waals surface area contributed by atoms with Gasteiger partial charge in [0.05, 0.1) is 17.8 Å². The van der Waals surface area contributed by atoms with Crippen LogP contribution in [0.4, 0.5) is 10.1 Å². The van der Waals surface area contributed by atoms with Crippen LogP contribution in [0.25, 0.3) is 0 Å². The maximum absolute atomic E-state index is 14.3. The minimum Gasteiger partial charge on any atom is -0.368 e. The second-order valence-corrected chi connectivity index (χ2v) is 6.07. The number of carbonyl (C=O) groups excluding carboxylic acids is 2. The Labute approximate surface area is 140 Å². The first-order chi connectivity index (χ1) is 11.0. The number of nitrogens with zero attached hydrogens (tertiary/aromatic N) is 1. The van der Waals surface area contributed by atoms with Gasteiger partial charge in [-0.2, -0.15) is 0 Å². The number of para-hydroxylation sites is 1. The van der Waals surface area contributed by atoms with Crippen LogP contribution < -0.4 is 16.0 Å². The van der Waals surface area contributed by atoms with Gasteiger partial charge in [-0.15, -0.1) is 0 Å². The number of hydrogen-bond acceptors (Lipinski definition) is 3. The van der Waals surface area contributed by atoms with Gasteiger partial charge in [-0.05, 0) is 30.3 Å². The molecule has 0 fully saturated rings. The normalized spacial score (nSPS) is 16.7. The molecule has 0 aliphatic carbocycles. The maximum atomic E-state index is 14.3. The van der Waals surface area contributed by atoms with Crippen LogP contribution in [0, 0.1) is 5.82 Å². The van der Waals surface area contributed by atoms with Crippen LogP contribution in [0.5, 0.6) is 0 Å². The summed E-state index contributed by atoms with van der Waals surface area (Å²) in [6, 6.07) is 11.3. The Balaban J connectivity index is 2.14. The lowest BCUT2D eigenvalue weighted by molar-refractivity contribution is -0.116. The summed E-state index contributed by atoms with van der Waals surface area (Å²) in [6.07, 6.45) is -0.817. The monoisotopic (exact) mass is 377 g/mol. The van der Waals surface area contributed by atoms with Crippen LogP contribution >= 0.6 is 15.9 Å². The summed E-state index contributed by atoms with van der Waals surface area (Å²) in [5.41, 5.74) is 6.54. The third-order valence-electron chi connectivity index (χ3n) is 3.62. The number of nitrogens with one attached hydrogen (secondary N) is 1. The van der Waals surface area contributed by atoms with Gasteiger partial charge < -0.3 is 16.0 Å². The molecule has 1 aliphatic rings. The number of halogens is 2. The lowest BCUT2D eigenvalue weighted by Gasteiger charge is -2.38. The van der Waals surface area contributed by atoms with Crippen molar-refractivity contribution in [2.24, 2.45) is 5.73 Å². The van der Waals surface area contributed by atoms with E-state index in [0.29, 0.717) is 15.7 Å². The number of primary amides is 1. The smallest absolute Gasteiger partial charge is 0.255 e. The Bertz CT molecular complexity index is 797. The Hall–Kier alpha value is -2.41. The van der Waals surface area contributed by atoms with E-state index in [-0.39, 0.29) is 18.0 Å². The van der Waals surface area contributed by atoms with Gasteiger partial charge in [0.15, 0.2) is 0 Å². The molecule has 1 atom stereocenters. The third kappa shape index (κ3) is 2.92. The fraction of sp³-hybridized carbons (Fsp3) is 0.125. The number of fused-ring (bicyclic) bond motifs is 1. The molecule has 0 bridgehead atoms. The summed E-state index contributed by atoms with van der Waals surface area (Å²) in [7, 11) is 0. The zero-order valence-corrected chi connectivity index (χ0v) is 13.5. The second-order valence-electron chi connectivity index (χ2n) is 5.15. The highest BCUT2D eigenvalue weighted by atomic mass is 79.9. The third-order valence-corrected chi connectivity index (χ3v) is 4.11. The van der Waals surface area contributed by atoms with Crippen LogP contribution in [0.3, 0.4) is 0 Å². The molecule has 5 nitrogen and oxygen atoms in total. The van der Waals surface area contributed by atoms with Crippen molar-refractivity contribution < 1.29 is 14.0 Å². The Morgan fingerprint density at radius 1 is 1.30 bits per heavy atom. The quantitative estimate of drug-likeness (QED) is 0.861. The first-order valence-corrected chi connectivity index (χ1v) is 7.66. The first kappa shape index (κ1) is 15.5. The standard InChI is InChI=1S/C16H13BrFN3O2/c17-9-5-6-12(18)11(7-9)15-20-16(23)10-3-1-2-4-13(10)21(15)8-14(19)22/h1-7,15H,8H2,(H2,19,22)(H,20,23)/t15-/m1/s1. The highest BCUT2D eigenvalue weighted by Gasteiger charge is 2.33. The molecule has 3 N–H and O–H groups in total. The van der Waals surface area contributed by atoms with Crippen LogP contribution in [0.2, 0.25) is 0 Å². The van der Waals surface area contributed by atoms with Crippen LogP contribution in [0.15, 0.2) is 46.9 Å². The minimum atomic E-state index is -0.817. The molecule has 7 heteroatoms. The lowest BCUT2D eigenvalue weighted by Crippen LogP contribution is -2.49. The number of anilines is 1. The highest BCUT2D eigenvalue weighted by Crippen LogP contribution is 2.34. The molecule has 0 spiro atoms. The maximum Gasteiger partial charge on any atom is 0.255 e. The largest absolute Gasteiger partial charge is 0.368 e. The van der Waals surface area contributed by atoms with E-state index in [1.54, 1.807) is 41.3 Å². The van der Waals surface area contributed by atoms with Gasteiger partial charge in [-0.25, -0.2) is 4.39 Å². The van der Waals surface area contributed by atoms with E-state index >= 15 is 0 Å². The van der Waals surface area contributed by atoms with Gasteiger partial charge in [0.1, 0.15) is 12.0 Å². The fourth-order valence-corrected chi connectivity index (χ4v) is 3.03. The van der Waals surface area contributed by atoms with Crippen molar-refractivity contribution in [3.8, 4) is 0 Å². The van der Waals surface area contributed by atoms with Crippen LogP contribution in [-0.4, -0.2) is 18.4 Å². The van der Waals surface area contributed by atoms with E-state index in [2.05, 4.69) is 21.2 Å². The van der Waals surface area contributed by atoms with Crippen molar-refractivity contribution in [1.29, 1.82) is 0 Å². The summed E-state index contributed by atoms with van der Waals surface area (Å²) >= 11 is 3.29. The molecule has 3 rings (SSSR count). The predicted molar refractivity (Wildman–Crippen MR) is 87.3 cm³/mol. The molecule has 2 aromatic rings. The first-order valence-electron chi connectivity index (χ1n) is 6.87. The summed E-state index contributed by atoms with van der Waals surface area (Å²) in [5.74, 6) is -1.38. The molecule has 0 aromatic heterocycles. The van der Waals surface area contributed by atoms with Gasteiger partial charge in [-0.1, -0.05) is 28.1 Å². The lowest BCUT2D eigenvalue weighted by atomic mass is 10.0. The van der Waals surface area contributed by atoms with E-state index < -0.39 is 17.9 Å². The summed E-state index contributed by atoms with van der Waals surface area (Å²) in [5, 5.41) is 2.73. The second kappa shape index (κ2) is 6.00. The average Bonchev–Trinajstić information content (AvgIpc) is 2.52. The fourth-order valence-electron chi connectivity index (χ4n) is 2.65. The predicted octanol–water partition coefficient (Wildman–Crippen LogP) is 2.32. The highest BCUT2D eigenvalue weighted by molar-refractivity contribution is 9.10. The molecule has 0 radical (unpaired) electrons. The topological polar surface area (TPSA) is 75.4 Å². The SMILES string of the molecule is NC(=O)CN1c2ccccc2C(=O)N[C@H]1c1cc(Br)ccc1F. The van der Waals surface area contributed by atoms with Crippen molar-refractivity contribution in [3.63, 3.8) is 0 Å². The number of nitrogens with two attached hydrogens (primary N) is 1. The van der Waals surface area contributed by atoms with Crippen molar-refractivity contribution in [1.82, 2.24) is 5.32 Å². The number of amides is 2. The molecule has 118 valence electrons. The Morgan fingerprint density at radius 2 is 2.04 bits per heavy atom. The summed E-state index contributed by atoms with van der Waals surface area (Å²) < 4.78 is 14.9. The molecule has 0 saturated carbocycles. The minimum absolute atomic E-state index is 0.145. The van der Waals surface area contributed by atoms with Gasteiger partial charge in [0, 0.05) is 10.0 Å². The Morgan fingerprint density at radius 3 is 2.78 bits per heavy atom. The number of benzene rings is 2. The van der Waals surface area contributed by atoms with Crippen molar-refractivity contribution in [3.05, 3.63) is 63.9 Å². The average molecular weight is 378 g/mol. The number of rotatable bonds is 3.